The van der Waals surface area contributed by atoms with E-state index in [1.165, 1.54) is 6.26 Å². The zero-order chi connectivity index (χ0) is 24.5. The van der Waals surface area contributed by atoms with Gasteiger partial charge in [-0.2, -0.15) is 5.26 Å². The molecule has 0 fully saturated rings. The molecule has 3 N–H and O–H groups in total. The lowest BCUT2D eigenvalue weighted by Crippen LogP contribution is -2.55. The van der Waals surface area contributed by atoms with E-state index in [1.54, 1.807) is 32.9 Å². The summed E-state index contributed by atoms with van der Waals surface area (Å²) in [6, 6.07) is 2.46. The number of nitrogens with zero attached hydrogens (tertiary/aromatic N) is 1. The zero-order valence-corrected chi connectivity index (χ0v) is 20.0. The number of furan rings is 1. The molecule has 0 saturated heterocycles. The van der Waals surface area contributed by atoms with Gasteiger partial charge in [0, 0.05) is 0 Å². The fourth-order valence-electron chi connectivity index (χ4n) is 2.99. The molecule has 1 aromatic heterocycles. The van der Waals surface area contributed by atoms with Crippen molar-refractivity contribution in [3.63, 3.8) is 0 Å². The van der Waals surface area contributed by atoms with Crippen LogP contribution in [0, 0.1) is 23.2 Å². The monoisotopic (exact) mass is 448 g/mol. The average molecular weight is 449 g/mol. The zero-order valence-electron chi connectivity index (χ0n) is 20.0. The first-order chi connectivity index (χ1) is 14.8. The Balaban J connectivity index is 2.95. The Labute approximate surface area is 190 Å². The summed E-state index contributed by atoms with van der Waals surface area (Å²) in [5.74, 6) is -0.482. The Morgan fingerprint density at radius 3 is 1.97 bits per heavy atom. The minimum absolute atomic E-state index is 0.0950. The van der Waals surface area contributed by atoms with Gasteiger partial charge in [0.15, 0.2) is 6.04 Å². The van der Waals surface area contributed by atoms with Gasteiger partial charge < -0.3 is 25.1 Å². The molecule has 0 bridgehead atoms. The Bertz CT molecular complexity index is 790. The van der Waals surface area contributed by atoms with Gasteiger partial charge in [-0.15, -0.1) is 0 Å². The molecule has 0 saturated carbocycles. The van der Waals surface area contributed by atoms with Crippen LogP contribution in [0.3, 0.4) is 0 Å². The lowest BCUT2D eigenvalue weighted by molar-refractivity contribution is -0.130. The molecular formula is C23H36N4O5. The number of nitrogens with one attached hydrogen (secondary N) is 3. The van der Waals surface area contributed by atoms with Crippen LogP contribution in [0.2, 0.25) is 0 Å². The largest absolute Gasteiger partial charge is 0.466 e. The molecular weight excluding hydrogens is 412 g/mol. The van der Waals surface area contributed by atoms with Crippen molar-refractivity contribution in [3.05, 3.63) is 24.2 Å². The highest BCUT2D eigenvalue weighted by molar-refractivity contribution is 5.91. The van der Waals surface area contributed by atoms with Crippen LogP contribution in [-0.4, -0.2) is 35.6 Å². The number of ether oxygens (including phenoxy) is 1. The SMILES string of the molecule is CC(C)CC(NC(=O)OC(C)(C)C)C(=O)NC(CC(C)C)C(=O)NC(C#N)c1ccco1. The van der Waals surface area contributed by atoms with E-state index in [9.17, 15) is 19.6 Å². The number of nitriles is 1. The summed E-state index contributed by atoms with van der Waals surface area (Å²) in [6.07, 6.45) is 1.44. The molecule has 3 amide bonds. The van der Waals surface area contributed by atoms with E-state index in [1.807, 2.05) is 33.8 Å². The van der Waals surface area contributed by atoms with E-state index in [0.29, 0.717) is 18.6 Å². The Kier molecular flexibility index (Phi) is 10.2. The standard InChI is InChI=1S/C23H36N4O5/c1-14(2)11-16(20(28)26-18(13-24)19-9-8-10-31-19)25-21(29)17(12-15(3)4)27-22(30)32-23(5,6)7/h8-10,14-18H,11-12H2,1-7H3,(H,25,29)(H,26,28)(H,27,30). The quantitative estimate of drug-likeness (QED) is 0.502. The maximum atomic E-state index is 13.0. The van der Waals surface area contributed by atoms with Gasteiger partial charge >= 0.3 is 6.09 Å². The molecule has 9 heteroatoms. The smallest absolute Gasteiger partial charge is 0.408 e. The van der Waals surface area contributed by atoms with Crippen molar-refractivity contribution in [2.75, 3.05) is 0 Å². The first-order valence-electron chi connectivity index (χ1n) is 10.9. The highest BCUT2D eigenvalue weighted by Crippen LogP contribution is 2.15. The number of alkyl carbamates (subject to hydrolysis) is 1. The van der Waals surface area contributed by atoms with Crippen LogP contribution in [0.5, 0.6) is 0 Å². The van der Waals surface area contributed by atoms with Crippen LogP contribution in [0.4, 0.5) is 4.79 Å². The third kappa shape index (κ3) is 9.86. The van der Waals surface area contributed by atoms with Crippen molar-refractivity contribution in [1.29, 1.82) is 5.26 Å². The summed E-state index contributed by atoms with van der Waals surface area (Å²) in [5, 5.41) is 17.3. The summed E-state index contributed by atoms with van der Waals surface area (Å²) < 4.78 is 10.5. The maximum Gasteiger partial charge on any atom is 0.408 e. The summed E-state index contributed by atoms with van der Waals surface area (Å²) in [4.78, 5) is 38.1. The van der Waals surface area contributed by atoms with E-state index < -0.39 is 41.6 Å². The second kappa shape index (κ2) is 12.1. The predicted octanol–water partition coefficient (Wildman–Crippen LogP) is 3.43. The fraction of sp³-hybridized carbons (Fsp3) is 0.652. The first-order valence-corrected chi connectivity index (χ1v) is 10.9. The van der Waals surface area contributed by atoms with Crippen molar-refractivity contribution in [2.45, 2.75) is 85.0 Å². The normalized spacial score (nSPS) is 14.2. The van der Waals surface area contributed by atoms with Gasteiger partial charge in [0.05, 0.1) is 12.3 Å². The van der Waals surface area contributed by atoms with E-state index in [4.69, 9.17) is 9.15 Å². The van der Waals surface area contributed by atoms with Gasteiger partial charge in [0.25, 0.3) is 0 Å². The number of carbonyl (C=O) groups is 3. The first kappa shape index (κ1) is 27.0. The summed E-state index contributed by atoms with van der Waals surface area (Å²) in [7, 11) is 0. The highest BCUT2D eigenvalue weighted by Gasteiger charge is 2.30. The van der Waals surface area contributed by atoms with E-state index >= 15 is 0 Å². The lowest BCUT2D eigenvalue weighted by atomic mass is 10.00. The Morgan fingerprint density at radius 1 is 1.00 bits per heavy atom. The van der Waals surface area contributed by atoms with Crippen molar-refractivity contribution >= 4 is 17.9 Å². The number of carbonyl (C=O) groups excluding carboxylic acids is 3. The molecule has 1 aromatic rings. The molecule has 0 aliphatic heterocycles. The third-order valence-corrected chi connectivity index (χ3v) is 4.30. The van der Waals surface area contributed by atoms with Crippen molar-refractivity contribution in [3.8, 4) is 6.07 Å². The van der Waals surface area contributed by atoms with Gasteiger partial charge in [0.2, 0.25) is 11.8 Å². The molecule has 0 aliphatic rings. The van der Waals surface area contributed by atoms with Gasteiger partial charge in [0.1, 0.15) is 23.4 Å². The second-order valence-electron chi connectivity index (χ2n) is 9.61. The molecule has 0 spiro atoms. The highest BCUT2D eigenvalue weighted by atomic mass is 16.6. The number of rotatable bonds is 10. The van der Waals surface area contributed by atoms with Gasteiger partial charge in [-0.25, -0.2) is 4.79 Å². The van der Waals surface area contributed by atoms with E-state index in [-0.39, 0.29) is 11.8 Å². The minimum atomic E-state index is -0.976. The van der Waals surface area contributed by atoms with Crippen molar-refractivity contribution in [1.82, 2.24) is 16.0 Å². The van der Waals surface area contributed by atoms with Crippen LogP contribution >= 0.6 is 0 Å². The Hall–Kier alpha value is -3.02. The van der Waals surface area contributed by atoms with Gasteiger partial charge in [-0.05, 0) is 57.6 Å². The number of hydrogen-bond donors (Lipinski definition) is 3. The third-order valence-electron chi connectivity index (χ3n) is 4.30. The molecule has 178 valence electrons. The summed E-state index contributed by atoms with van der Waals surface area (Å²) in [6.45, 7) is 12.9. The molecule has 1 rings (SSSR count). The molecule has 9 nitrogen and oxygen atoms in total. The number of amides is 3. The summed E-state index contributed by atoms with van der Waals surface area (Å²) in [5.41, 5.74) is -0.707. The van der Waals surface area contributed by atoms with Crippen LogP contribution < -0.4 is 16.0 Å². The molecule has 3 unspecified atom stereocenters. The van der Waals surface area contributed by atoms with Gasteiger partial charge in [-0.3, -0.25) is 9.59 Å². The van der Waals surface area contributed by atoms with Crippen LogP contribution in [0.1, 0.15) is 73.1 Å². The second-order valence-corrected chi connectivity index (χ2v) is 9.61. The Morgan fingerprint density at radius 2 is 1.53 bits per heavy atom. The molecule has 0 radical (unpaired) electrons. The topological polar surface area (TPSA) is 133 Å². The average Bonchev–Trinajstić information content (AvgIpc) is 3.16. The van der Waals surface area contributed by atoms with Gasteiger partial charge in [-0.1, -0.05) is 27.7 Å². The van der Waals surface area contributed by atoms with Crippen molar-refractivity contribution in [2.24, 2.45) is 11.8 Å². The molecule has 3 atom stereocenters. The molecule has 0 aliphatic carbocycles. The minimum Gasteiger partial charge on any atom is -0.466 e. The van der Waals surface area contributed by atoms with E-state index in [2.05, 4.69) is 16.0 Å². The van der Waals surface area contributed by atoms with E-state index in [0.717, 1.165) is 0 Å². The van der Waals surface area contributed by atoms with Crippen LogP contribution in [0.25, 0.3) is 0 Å². The number of hydrogen-bond acceptors (Lipinski definition) is 6. The van der Waals surface area contributed by atoms with Crippen LogP contribution in [0.15, 0.2) is 22.8 Å². The van der Waals surface area contributed by atoms with Crippen LogP contribution in [-0.2, 0) is 14.3 Å². The maximum absolute atomic E-state index is 13.0. The molecule has 1 heterocycles. The fourth-order valence-corrected chi connectivity index (χ4v) is 2.99. The van der Waals surface area contributed by atoms with Crippen molar-refractivity contribution < 1.29 is 23.5 Å². The molecule has 32 heavy (non-hydrogen) atoms. The summed E-state index contributed by atoms with van der Waals surface area (Å²) >= 11 is 0. The predicted molar refractivity (Wildman–Crippen MR) is 119 cm³/mol. The molecule has 0 aromatic carbocycles. The lowest BCUT2D eigenvalue weighted by Gasteiger charge is -2.27.